The maximum atomic E-state index is 5.67. The second-order valence-corrected chi connectivity index (χ2v) is 4.26. The fraction of sp³-hybridized carbons (Fsp3) is 0.400. The Labute approximate surface area is 104 Å². The van der Waals surface area contributed by atoms with E-state index in [-0.39, 0.29) is 5.95 Å². The van der Waals surface area contributed by atoms with Crippen molar-refractivity contribution in [3.8, 4) is 11.5 Å². The molecule has 0 aliphatic heterocycles. The number of nitrogen functional groups attached to an aromatic ring is 1. The molecular weight excluding hydrogens is 236 g/mol. The van der Waals surface area contributed by atoms with Crippen molar-refractivity contribution in [1.82, 2.24) is 24.7 Å². The Kier molecular flexibility index (Phi) is 3.28. The topological polar surface area (TPSA) is 82.5 Å². The van der Waals surface area contributed by atoms with E-state index in [4.69, 9.17) is 5.73 Å². The highest BCUT2D eigenvalue weighted by Crippen LogP contribution is 2.19. The average molecular weight is 250 g/mol. The number of nitrogens with zero attached hydrogens (tertiary/aromatic N) is 5. The van der Waals surface area contributed by atoms with E-state index in [2.05, 4.69) is 20.1 Å². The molecule has 90 valence electrons. The summed E-state index contributed by atoms with van der Waals surface area (Å²) in [6.45, 7) is 4.73. The summed E-state index contributed by atoms with van der Waals surface area (Å²) >= 11 is 1.44. The van der Waals surface area contributed by atoms with Crippen LogP contribution in [0.2, 0.25) is 0 Å². The molecule has 0 bridgehead atoms. The predicted octanol–water partition coefficient (Wildman–Crippen LogP) is 1.37. The average Bonchev–Trinajstić information content (AvgIpc) is 2.69. The normalized spacial score (nSPS) is 10.8. The molecule has 2 heterocycles. The van der Waals surface area contributed by atoms with E-state index in [1.165, 1.54) is 11.8 Å². The zero-order valence-electron chi connectivity index (χ0n) is 10.0. The molecule has 6 nitrogen and oxygen atoms in total. The van der Waals surface area contributed by atoms with Crippen LogP contribution in [0.15, 0.2) is 11.2 Å². The van der Waals surface area contributed by atoms with Crippen molar-refractivity contribution in [1.29, 1.82) is 0 Å². The van der Waals surface area contributed by atoms with Gasteiger partial charge in [-0.1, -0.05) is 11.8 Å². The highest BCUT2D eigenvalue weighted by atomic mass is 32.2. The van der Waals surface area contributed by atoms with E-state index < -0.39 is 0 Å². The minimum absolute atomic E-state index is 0.237. The Morgan fingerprint density at radius 1 is 1.35 bits per heavy atom. The summed E-state index contributed by atoms with van der Waals surface area (Å²) in [6, 6.07) is 1.95. The molecule has 2 rings (SSSR count). The van der Waals surface area contributed by atoms with Crippen LogP contribution in [0.1, 0.15) is 12.6 Å². The van der Waals surface area contributed by atoms with Crippen LogP contribution in [0.25, 0.3) is 11.5 Å². The molecule has 0 aromatic carbocycles. The lowest BCUT2D eigenvalue weighted by Crippen LogP contribution is -2.05. The van der Waals surface area contributed by atoms with Crippen molar-refractivity contribution in [2.24, 2.45) is 0 Å². The number of hydrogen-bond donors (Lipinski definition) is 1. The van der Waals surface area contributed by atoms with Crippen molar-refractivity contribution in [3.05, 3.63) is 11.8 Å². The van der Waals surface area contributed by atoms with Crippen LogP contribution in [0, 0.1) is 6.92 Å². The summed E-state index contributed by atoms with van der Waals surface area (Å²) in [5.41, 5.74) is 7.47. The molecule has 2 aromatic rings. The second kappa shape index (κ2) is 4.70. The minimum Gasteiger partial charge on any atom is -0.368 e. The van der Waals surface area contributed by atoms with Crippen LogP contribution in [-0.4, -0.2) is 31.0 Å². The Morgan fingerprint density at radius 3 is 2.76 bits per heavy atom. The Hall–Kier alpha value is -1.63. The molecular formula is C10H14N6S. The van der Waals surface area contributed by atoms with Gasteiger partial charge in [-0.05, 0) is 26.2 Å². The van der Waals surface area contributed by atoms with Gasteiger partial charge in [0.2, 0.25) is 5.95 Å². The van der Waals surface area contributed by atoms with Crippen molar-refractivity contribution in [2.75, 3.05) is 12.0 Å². The molecule has 2 aromatic heterocycles. The van der Waals surface area contributed by atoms with Crippen LogP contribution in [0.4, 0.5) is 5.95 Å². The third-order valence-corrected chi connectivity index (χ3v) is 2.79. The van der Waals surface area contributed by atoms with Gasteiger partial charge >= 0.3 is 0 Å². The lowest BCUT2D eigenvalue weighted by Gasteiger charge is -2.04. The van der Waals surface area contributed by atoms with Crippen LogP contribution in [0.3, 0.4) is 0 Å². The van der Waals surface area contributed by atoms with Gasteiger partial charge < -0.3 is 5.73 Å². The number of aromatic nitrogens is 5. The second-order valence-electron chi connectivity index (χ2n) is 3.49. The highest BCUT2D eigenvalue weighted by molar-refractivity contribution is 7.98. The van der Waals surface area contributed by atoms with Gasteiger partial charge in [-0.15, -0.1) is 0 Å². The first-order valence-electron chi connectivity index (χ1n) is 5.24. The van der Waals surface area contributed by atoms with Gasteiger partial charge in [-0.2, -0.15) is 15.1 Å². The van der Waals surface area contributed by atoms with E-state index in [1.54, 1.807) is 0 Å². The van der Waals surface area contributed by atoms with Crippen LogP contribution in [0.5, 0.6) is 0 Å². The van der Waals surface area contributed by atoms with E-state index in [1.807, 2.05) is 30.9 Å². The van der Waals surface area contributed by atoms with Crippen LogP contribution in [-0.2, 0) is 6.54 Å². The molecule has 0 amide bonds. The summed E-state index contributed by atoms with van der Waals surface area (Å²) in [4.78, 5) is 12.5. The lowest BCUT2D eigenvalue weighted by atomic mass is 10.3. The molecule has 0 aliphatic rings. The quantitative estimate of drug-likeness (QED) is 0.828. The first-order chi connectivity index (χ1) is 8.13. The SMILES string of the molecule is CCn1nc(C)cc1-c1nc(N)nc(SC)n1. The molecule has 0 fully saturated rings. The number of anilines is 1. The third-order valence-electron chi connectivity index (χ3n) is 2.25. The summed E-state index contributed by atoms with van der Waals surface area (Å²) < 4.78 is 1.86. The number of nitrogens with two attached hydrogens (primary N) is 1. The Balaban J connectivity index is 2.55. The largest absolute Gasteiger partial charge is 0.368 e. The molecule has 0 unspecified atom stereocenters. The number of hydrogen-bond acceptors (Lipinski definition) is 6. The van der Waals surface area contributed by atoms with Gasteiger partial charge in [-0.3, -0.25) is 4.68 Å². The first kappa shape index (κ1) is 11.8. The molecule has 0 radical (unpaired) electrons. The van der Waals surface area contributed by atoms with Gasteiger partial charge in [0.15, 0.2) is 11.0 Å². The third kappa shape index (κ3) is 2.38. The molecule has 7 heteroatoms. The van der Waals surface area contributed by atoms with E-state index in [9.17, 15) is 0 Å². The van der Waals surface area contributed by atoms with E-state index in [0.29, 0.717) is 11.0 Å². The zero-order valence-corrected chi connectivity index (χ0v) is 10.8. The van der Waals surface area contributed by atoms with Gasteiger partial charge in [0.25, 0.3) is 0 Å². The van der Waals surface area contributed by atoms with Crippen molar-refractivity contribution < 1.29 is 0 Å². The van der Waals surface area contributed by atoms with Crippen molar-refractivity contribution >= 4 is 17.7 Å². The molecule has 2 N–H and O–H groups in total. The maximum absolute atomic E-state index is 5.67. The lowest BCUT2D eigenvalue weighted by molar-refractivity contribution is 0.655. The molecule has 0 atom stereocenters. The molecule has 0 saturated carbocycles. The number of aryl methyl sites for hydroxylation is 2. The zero-order chi connectivity index (χ0) is 12.4. The molecule has 0 saturated heterocycles. The standard InChI is InChI=1S/C10H14N6S/c1-4-16-7(5-6(2)15-16)8-12-9(11)14-10(13-8)17-3/h5H,4H2,1-3H3,(H2,11,12,13,14). The van der Waals surface area contributed by atoms with Crippen molar-refractivity contribution in [2.45, 2.75) is 25.5 Å². The fourth-order valence-corrected chi connectivity index (χ4v) is 1.91. The van der Waals surface area contributed by atoms with Crippen LogP contribution >= 0.6 is 11.8 Å². The Bertz CT molecular complexity index is 536. The first-order valence-corrected chi connectivity index (χ1v) is 6.47. The van der Waals surface area contributed by atoms with Crippen LogP contribution < -0.4 is 5.73 Å². The molecule has 0 aliphatic carbocycles. The van der Waals surface area contributed by atoms with Gasteiger partial charge in [0, 0.05) is 6.54 Å². The van der Waals surface area contributed by atoms with Gasteiger partial charge in [0.05, 0.1) is 5.69 Å². The summed E-state index contributed by atoms with van der Waals surface area (Å²) in [5.74, 6) is 0.810. The highest BCUT2D eigenvalue weighted by Gasteiger charge is 2.12. The van der Waals surface area contributed by atoms with E-state index in [0.717, 1.165) is 17.9 Å². The Morgan fingerprint density at radius 2 is 2.12 bits per heavy atom. The molecule has 0 spiro atoms. The number of thioether (sulfide) groups is 1. The summed E-state index contributed by atoms with van der Waals surface area (Å²) in [5, 5.41) is 4.98. The number of rotatable bonds is 3. The summed E-state index contributed by atoms with van der Waals surface area (Å²) in [7, 11) is 0. The summed E-state index contributed by atoms with van der Waals surface area (Å²) in [6.07, 6.45) is 1.90. The van der Waals surface area contributed by atoms with E-state index >= 15 is 0 Å². The molecule has 17 heavy (non-hydrogen) atoms. The maximum Gasteiger partial charge on any atom is 0.224 e. The predicted molar refractivity (Wildman–Crippen MR) is 67.7 cm³/mol. The van der Waals surface area contributed by atoms with Crippen molar-refractivity contribution in [3.63, 3.8) is 0 Å². The van der Waals surface area contributed by atoms with Gasteiger partial charge in [-0.25, -0.2) is 4.98 Å². The smallest absolute Gasteiger partial charge is 0.224 e. The minimum atomic E-state index is 0.237. The fourth-order valence-electron chi connectivity index (χ4n) is 1.54. The monoisotopic (exact) mass is 250 g/mol. The van der Waals surface area contributed by atoms with Gasteiger partial charge in [0.1, 0.15) is 5.69 Å².